The smallest absolute Gasteiger partial charge is 0.0745 e. The van der Waals surface area contributed by atoms with Crippen LogP contribution in [0.15, 0.2) is 0 Å². The summed E-state index contributed by atoms with van der Waals surface area (Å²) >= 11 is 6.78. The highest BCUT2D eigenvalue weighted by Crippen LogP contribution is 2.29. The zero-order chi connectivity index (χ0) is 6.08. The third-order valence-electron chi connectivity index (χ3n) is 0.567. The number of halogens is 2. The maximum absolute atomic E-state index is 3.39. The fraction of sp³-hybridized carbons (Fsp3) is 0.750. The van der Waals surface area contributed by atoms with Gasteiger partial charge >= 0.3 is 0 Å². The molecule has 0 bridgehead atoms. The normalized spacial score (nSPS) is 12.9. The first-order valence-corrected chi connectivity index (χ1v) is 7.21. The molecule has 43 valence electrons. The van der Waals surface area contributed by atoms with Crippen LogP contribution in [0.5, 0.6) is 0 Å². The van der Waals surface area contributed by atoms with E-state index >= 15 is 0 Å². The van der Waals surface area contributed by atoms with Gasteiger partial charge in [0.1, 0.15) is 0 Å². The van der Waals surface area contributed by atoms with Crippen molar-refractivity contribution in [3.05, 3.63) is 3.36 Å². The average molecular weight is 245 g/mol. The molecule has 0 aromatic carbocycles. The van der Waals surface area contributed by atoms with Crippen molar-refractivity contribution in [3.63, 3.8) is 0 Å². The van der Waals surface area contributed by atoms with Crippen LogP contribution < -0.4 is 0 Å². The van der Waals surface area contributed by atoms with E-state index in [-0.39, 0.29) is 0 Å². The summed E-state index contributed by atoms with van der Waals surface area (Å²) in [6, 6.07) is 0. The topological polar surface area (TPSA) is 0 Å². The molecule has 0 aliphatic heterocycles. The molecule has 0 rings (SSSR count). The van der Waals surface area contributed by atoms with Crippen LogP contribution in [-0.2, 0) is 0 Å². The highest BCUT2D eigenvalue weighted by Gasteiger charge is 2.21. The molecule has 0 heterocycles. The molecule has 0 unspecified atom stereocenters. The minimum absolute atomic E-state index is 0.985. The Balaban J connectivity index is 3.54. The van der Waals surface area contributed by atoms with Gasteiger partial charge in [-0.3, -0.25) is 0 Å². The summed E-state index contributed by atoms with van der Waals surface area (Å²) < 4.78 is 1.26. The predicted molar refractivity (Wildman–Crippen MR) is 44.4 cm³/mol. The maximum atomic E-state index is 3.39. The van der Waals surface area contributed by atoms with Crippen LogP contribution in [-0.4, -0.2) is 8.07 Å². The quantitative estimate of drug-likeness (QED) is 0.622. The largest absolute Gasteiger partial charge is 0.0930 e. The lowest BCUT2D eigenvalue weighted by Gasteiger charge is -2.15. The van der Waals surface area contributed by atoms with Gasteiger partial charge in [-0.1, -0.05) is 51.5 Å². The van der Waals surface area contributed by atoms with Crippen LogP contribution in [0, 0.1) is 3.36 Å². The van der Waals surface area contributed by atoms with Crippen molar-refractivity contribution < 1.29 is 0 Å². The van der Waals surface area contributed by atoms with Crippen molar-refractivity contribution in [2.75, 3.05) is 0 Å². The minimum atomic E-state index is -0.985. The lowest BCUT2D eigenvalue weighted by molar-refractivity contribution is 1.75. The molecule has 0 spiro atoms. The zero-order valence-electron chi connectivity index (χ0n) is 4.76. The summed E-state index contributed by atoms with van der Waals surface area (Å²) in [5.41, 5.74) is 0. The average Bonchev–Trinajstić information content (AvgIpc) is 1.31. The molecule has 0 aliphatic carbocycles. The van der Waals surface area contributed by atoms with Crippen molar-refractivity contribution in [1.82, 2.24) is 0 Å². The summed E-state index contributed by atoms with van der Waals surface area (Å²) in [5.74, 6) is 0. The van der Waals surface area contributed by atoms with E-state index in [1.165, 1.54) is 3.36 Å². The molecular weight excluding hydrogens is 236 g/mol. The molecule has 0 atom stereocenters. The Labute approximate surface area is 63.0 Å². The zero-order valence-corrected chi connectivity index (χ0v) is 8.93. The van der Waals surface area contributed by atoms with Gasteiger partial charge in [0, 0.05) is 0 Å². The van der Waals surface area contributed by atoms with Gasteiger partial charge in [-0.25, -0.2) is 0 Å². The first kappa shape index (κ1) is 8.18. The second-order valence-electron chi connectivity index (χ2n) is 2.51. The van der Waals surface area contributed by atoms with Gasteiger partial charge in [0.25, 0.3) is 0 Å². The van der Waals surface area contributed by atoms with E-state index in [1.807, 2.05) is 0 Å². The molecule has 1 radical (unpaired) electrons. The van der Waals surface area contributed by atoms with E-state index in [0.29, 0.717) is 0 Å². The SMILES string of the molecule is C[Si](C)(C)[C](Br)Br. The second-order valence-corrected chi connectivity index (χ2v) is 11.6. The van der Waals surface area contributed by atoms with E-state index < -0.39 is 8.07 Å². The van der Waals surface area contributed by atoms with Crippen molar-refractivity contribution in [2.24, 2.45) is 0 Å². The summed E-state index contributed by atoms with van der Waals surface area (Å²) in [7, 11) is -0.985. The van der Waals surface area contributed by atoms with E-state index in [0.717, 1.165) is 0 Å². The van der Waals surface area contributed by atoms with Gasteiger partial charge in [-0.05, 0) is 0 Å². The third kappa shape index (κ3) is 3.73. The lowest BCUT2D eigenvalue weighted by atomic mass is 11.8. The lowest BCUT2D eigenvalue weighted by Crippen LogP contribution is -2.22. The Bertz CT molecular complexity index is 55.2. The first-order valence-electron chi connectivity index (χ1n) is 2.13. The molecule has 0 saturated carbocycles. The molecule has 0 fully saturated rings. The Hall–Kier alpha value is 1.18. The Morgan fingerprint density at radius 2 is 1.29 bits per heavy atom. The molecule has 0 N–H and O–H groups in total. The highest BCUT2D eigenvalue weighted by atomic mass is 79.9. The minimum Gasteiger partial charge on any atom is -0.0745 e. The van der Waals surface area contributed by atoms with E-state index in [9.17, 15) is 0 Å². The van der Waals surface area contributed by atoms with E-state index in [1.54, 1.807) is 0 Å². The summed E-state index contributed by atoms with van der Waals surface area (Å²) in [6.45, 7) is 6.81. The molecule has 0 aromatic heterocycles. The van der Waals surface area contributed by atoms with Crippen LogP contribution in [0.1, 0.15) is 0 Å². The summed E-state index contributed by atoms with van der Waals surface area (Å²) in [6.07, 6.45) is 0. The maximum Gasteiger partial charge on any atom is 0.0930 e. The molecule has 0 saturated heterocycles. The number of rotatable bonds is 1. The summed E-state index contributed by atoms with van der Waals surface area (Å²) in [4.78, 5) is 0. The van der Waals surface area contributed by atoms with Gasteiger partial charge in [0.05, 0.1) is 11.4 Å². The number of hydrogen-bond donors (Lipinski definition) is 0. The predicted octanol–water partition coefficient (Wildman–Crippen LogP) is 3.14. The fourth-order valence-electron chi connectivity index (χ4n) is 0. The first-order chi connectivity index (χ1) is 2.94. The van der Waals surface area contributed by atoms with Gasteiger partial charge in [0.2, 0.25) is 0 Å². The van der Waals surface area contributed by atoms with Crippen LogP contribution in [0.3, 0.4) is 0 Å². The van der Waals surface area contributed by atoms with Crippen molar-refractivity contribution in [3.8, 4) is 0 Å². The molecule has 0 aliphatic rings. The van der Waals surface area contributed by atoms with E-state index in [2.05, 4.69) is 51.5 Å². The van der Waals surface area contributed by atoms with Gasteiger partial charge in [-0.2, -0.15) is 0 Å². The molecule has 7 heavy (non-hydrogen) atoms. The van der Waals surface area contributed by atoms with Crippen LogP contribution >= 0.6 is 31.9 Å². The molecule has 0 nitrogen and oxygen atoms in total. The van der Waals surface area contributed by atoms with E-state index in [4.69, 9.17) is 0 Å². The standard InChI is InChI=1S/C4H9Br2Si/c1-7(2,3)4(5)6/h1-3H3. The molecule has 3 heteroatoms. The third-order valence-corrected chi connectivity index (χ3v) is 8.84. The Kier molecular flexibility index (Phi) is 3.09. The van der Waals surface area contributed by atoms with Crippen LogP contribution in [0.4, 0.5) is 0 Å². The van der Waals surface area contributed by atoms with Crippen molar-refractivity contribution in [1.29, 1.82) is 0 Å². The molecule has 0 amide bonds. The Morgan fingerprint density at radius 1 is 1.14 bits per heavy atom. The monoisotopic (exact) mass is 243 g/mol. The Morgan fingerprint density at radius 3 is 1.29 bits per heavy atom. The molecule has 0 aromatic rings. The fourth-order valence-corrected chi connectivity index (χ4v) is 0. The van der Waals surface area contributed by atoms with Gasteiger partial charge in [0.15, 0.2) is 0 Å². The number of hydrogen-bond acceptors (Lipinski definition) is 0. The highest BCUT2D eigenvalue weighted by molar-refractivity contribution is 9.28. The van der Waals surface area contributed by atoms with Crippen molar-refractivity contribution >= 4 is 39.9 Å². The van der Waals surface area contributed by atoms with Gasteiger partial charge in [-0.15, -0.1) is 0 Å². The summed E-state index contributed by atoms with van der Waals surface area (Å²) in [5, 5.41) is 0. The second kappa shape index (κ2) is 2.64. The van der Waals surface area contributed by atoms with Crippen LogP contribution in [0.2, 0.25) is 19.6 Å². The van der Waals surface area contributed by atoms with Crippen molar-refractivity contribution in [2.45, 2.75) is 19.6 Å². The van der Waals surface area contributed by atoms with Gasteiger partial charge < -0.3 is 0 Å². The van der Waals surface area contributed by atoms with Crippen LogP contribution in [0.25, 0.3) is 0 Å². The molecular formula is C4H9Br2Si.